The van der Waals surface area contributed by atoms with Crippen LogP contribution in [0.5, 0.6) is 0 Å². The monoisotopic (exact) mass is 315 g/mol. The standard InChI is InChI=1S/C15H29NO4Si/c1-9-15(19-11(3)17)12(13(18)16-15)10(2)20-21(7,8)14(4,5)6/h10,12H,9H2,1-8H3,(H,16,18)/t10-,12?,15?/m1/s1. The van der Waals surface area contributed by atoms with Crippen LogP contribution >= 0.6 is 0 Å². The summed E-state index contributed by atoms with van der Waals surface area (Å²) in [6.07, 6.45) is 0.257. The van der Waals surface area contributed by atoms with Crippen LogP contribution in [-0.2, 0) is 18.8 Å². The van der Waals surface area contributed by atoms with Crippen LogP contribution in [0.15, 0.2) is 0 Å². The number of rotatable bonds is 5. The maximum atomic E-state index is 12.0. The van der Waals surface area contributed by atoms with Crippen molar-refractivity contribution in [2.75, 3.05) is 0 Å². The molecule has 1 N–H and O–H groups in total. The van der Waals surface area contributed by atoms with Crippen molar-refractivity contribution in [2.45, 2.75) is 77.9 Å². The van der Waals surface area contributed by atoms with Gasteiger partial charge >= 0.3 is 5.97 Å². The Morgan fingerprint density at radius 3 is 2.29 bits per heavy atom. The maximum absolute atomic E-state index is 12.0. The molecule has 122 valence electrons. The average molecular weight is 315 g/mol. The van der Waals surface area contributed by atoms with Crippen LogP contribution in [0.1, 0.15) is 48.0 Å². The first-order chi connectivity index (χ1) is 9.36. The molecule has 1 saturated heterocycles. The third-order valence-corrected chi connectivity index (χ3v) is 9.30. The topological polar surface area (TPSA) is 64.6 Å². The molecule has 0 aliphatic carbocycles. The molecule has 1 heterocycles. The van der Waals surface area contributed by atoms with Crippen molar-refractivity contribution in [3.63, 3.8) is 0 Å². The Labute approximate surface area is 128 Å². The summed E-state index contributed by atoms with van der Waals surface area (Å²) in [7, 11) is -1.98. The highest BCUT2D eigenvalue weighted by atomic mass is 28.4. The van der Waals surface area contributed by atoms with E-state index in [0.717, 1.165) is 0 Å². The van der Waals surface area contributed by atoms with Crippen LogP contribution in [0.4, 0.5) is 0 Å². The Morgan fingerprint density at radius 2 is 1.95 bits per heavy atom. The number of hydrogen-bond acceptors (Lipinski definition) is 4. The van der Waals surface area contributed by atoms with Crippen molar-refractivity contribution in [3.8, 4) is 0 Å². The highest BCUT2D eigenvalue weighted by Gasteiger charge is 2.59. The predicted octanol–water partition coefficient (Wildman–Crippen LogP) is 2.81. The first-order valence-corrected chi connectivity index (χ1v) is 10.5. The predicted molar refractivity (Wildman–Crippen MR) is 84.2 cm³/mol. The SMILES string of the molecule is CCC1(OC(C)=O)NC(=O)C1[C@@H](C)O[Si](C)(C)C(C)(C)C. The second-order valence-electron chi connectivity index (χ2n) is 7.39. The molecular weight excluding hydrogens is 286 g/mol. The fourth-order valence-electron chi connectivity index (χ4n) is 2.53. The van der Waals surface area contributed by atoms with Crippen LogP contribution in [0, 0.1) is 5.92 Å². The molecule has 0 aromatic carbocycles. The lowest BCUT2D eigenvalue weighted by Gasteiger charge is -2.51. The zero-order chi connectivity index (χ0) is 16.6. The van der Waals surface area contributed by atoms with Gasteiger partial charge in [0.15, 0.2) is 14.0 Å². The van der Waals surface area contributed by atoms with Gasteiger partial charge in [-0.05, 0) is 25.1 Å². The number of ether oxygens (including phenoxy) is 1. The number of esters is 1. The van der Waals surface area contributed by atoms with Gasteiger partial charge in [-0.25, -0.2) is 0 Å². The number of carbonyl (C=O) groups excluding carboxylic acids is 2. The molecule has 1 rings (SSSR count). The van der Waals surface area contributed by atoms with Gasteiger partial charge in [0.25, 0.3) is 0 Å². The zero-order valence-electron chi connectivity index (χ0n) is 14.5. The Bertz CT molecular complexity index is 430. The van der Waals surface area contributed by atoms with Crippen LogP contribution in [0.3, 0.4) is 0 Å². The Hall–Kier alpha value is -0.883. The van der Waals surface area contributed by atoms with Gasteiger partial charge in [0.05, 0.1) is 6.10 Å². The third kappa shape index (κ3) is 3.48. The van der Waals surface area contributed by atoms with E-state index in [2.05, 4.69) is 39.2 Å². The van der Waals surface area contributed by atoms with E-state index >= 15 is 0 Å². The molecule has 3 atom stereocenters. The van der Waals surface area contributed by atoms with E-state index in [0.29, 0.717) is 6.42 Å². The highest BCUT2D eigenvalue weighted by Crippen LogP contribution is 2.41. The van der Waals surface area contributed by atoms with Gasteiger partial charge in [-0.15, -0.1) is 0 Å². The molecule has 21 heavy (non-hydrogen) atoms. The summed E-state index contributed by atoms with van der Waals surface area (Å²) in [4.78, 5) is 23.3. The normalized spacial score (nSPS) is 27.6. The van der Waals surface area contributed by atoms with E-state index < -0.39 is 20.0 Å². The Balaban J connectivity index is 2.92. The number of nitrogens with one attached hydrogen (secondary N) is 1. The summed E-state index contributed by atoms with van der Waals surface area (Å²) >= 11 is 0. The van der Waals surface area contributed by atoms with E-state index in [4.69, 9.17) is 9.16 Å². The molecule has 6 heteroatoms. The van der Waals surface area contributed by atoms with Crippen molar-refractivity contribution in [2.24, 2.45) is 5.92 Å². The minimum atomic E-state index is -1.98. The molecule has 1 aliphatic rings. The van der Waals surface area contributed by atoms with E-state index in [1.165, 1.54) is 6.92 Å². The van der Waals surface area contributed by atoms with Crippen LogP contribution in [-0.4, -0.2) is 32.0 Å². The third-order valence-electron chi connectivity index (χ3n) is 4.73. The van der Waals surface area contributed by atoms with Crippen molar-refractivity contribution >= 4 is 20.2 Å². The smallest absolute Gasteiger partial charge is 0.304 e. The largest absolute Gasteiger partial charge is 0.438 e. The van der Waals surface area contributed by atoms with Gasteiger partial charge in [-0.2, -0.15) is 0 Å². The van der Waals surface area contributed by atoms with Gasteiger partial charge in [-0.1, -0.05) is 27.7 Å². The molecule has 1 aliphatic heterocycles. The van der Waals surface area contributed by atoms with E-state index in [9.17, 15) is 9.59 Å². The fraction of sp³-hybridized carbons (Fsp3) is 0.867. The average Bonchev–Trinajstić information content (AvgIpc) is 2.23. The molecule has 0 aromatic heterocycles. The molecule has 2 unspecified atom stereocenters. The Kier molecular flexibility index (Phi) is 4.95. The van der Waals surface area contributed by atoms with Crippen LogP contribution in [0.25, 0.3) is 0 Å². The van der Waals surface area contributed by atoms with E-state index in [-0.39, 0.29) is 23.0 Å². The lowest BCUT2D eigenvalue weighted by atomic mass is 9.80. The molecule has 5 nitrogen and oxygen atoms in total. The molecule has 0 radical (unpaired) electrons. The summed E-state index contributed by atoms with van der Waals surface area (Å²) in [5.41, 5.74) is -0.912. The Morgan fingerprint density at radius 1 is 1.43 bits per heavy atom. The second-order valence-corrected chi connectivity index (χ2v) is 12.1. The van der Waals surface area contributed by atoms with Gasteiger partial charge in [0, 0.05) is 13.3 Å². The van der Waals surface area contributed by atoms with Crippen LogP contribution in [0.2, 0.25) is 18.1 Å². The highest BCUT2D eigenvalue weighted by molar-refractivity contribution is 6.74. The molecule has 0 aromatic rings. The zero-order valence-corrected chi connectivity index (χ0v) is 15.5. The lowest BCUT2D eigenvalue weighted by molar-refractivity contribution is -0.203. The molecule has 0 spiro atoms. The van der Waals surface area contributed by atoms with Gasteiger partial charge < -0.3 is 14.5 Å². The first kappa shape index (κ1) is 18.2. The van der Waals surface area contributed by atoms with Gasteiger partial charge in [-0.3, -0.25) is 9.59 Å². The van der Waals surface area contributed by atoms with Crippen molar-refractivity contribution in [1.82, 2.24) is 5.32 Å². The summed E-state index contributed by atoms with van der Waals surface area (Å²) in [6, 6.07) is 0. The van der Waals surface area contributed by atoms with Crippen molar-refractivity contribution in [1.29, 1.82) is 0 Å². The van der Waals surface area contributed by atoms with Crippen molar-refractivity contribution in [3.05, 3.63) is 0 Å². The number of carbonyl (C=O) groups is 2. The molecule has 1 fully saturated rings. The fourth-order valence-corrected chi connectivity index (χ4v) is 3.94. The number of amides is 1. The van der Waals surface area contributed by atoms with Crippen molar-refractivity contribution < 1.29 is 18.8 Å². The maximum Gasteiger partial charge on any atom is 0.304 e. The van der Waals surface area contributed by atoms with E-state index in [1.807, 2.05) is 13.8 Å². The second kappa shape index (κ2) is 5.72. The van der Waals surface area contributed by atoms with Gasteiger partial charge in [0.1, 0.15) is 5.92 Å². The number of β-lactam (4-membered cyclic amide) rings is 1. The summed E-state index contributed by atoms with van der Waals surface area (Å²) in [5.74, 6) is -0.939. The van der Waals surface area contributed by atoms with Crippen LogP contribution < -0.4 is 5.32 Å². The minimum absolute atomic E-state index is 0.0673. The molecule has 0 saturated carbocycles. The minimum Gasteiger partial charge on any atom is -0.438 e. The summed E-state index contributed by atoms with van der Waals surface area (Å²) in [6.45, 7) is 15.9. The first-order valence-electron chi connectivity index (χ1n) is 7.56. The van der Waals surface area contributed by atoms with E-state index in [1.54, 1.807) is 0 Å². The summed E-state index contributed by atoms with van der Waals surface area (Å²) < 4.78 is 11.7. The number of hydrogen-bond donors (Lipinski definition) is 1. The summed E-state index contributed by atoms with van der Waals surface area (Å²) in [5, 5.41) is 2.81. The van der Waals surface area contributed by atoms with Gasteiger partial charge in [0.2, 0.25) is 5.91 Å². The molecule has 1 amide bonds. The quantitative estimate of drug-likeness (QED) is 0.481. The molecular formula is C15H29NO4Si. The lowest BCUT2D eigenvalue weighted by Crippen LogP contribution is -2.74. The molecule has 0 bridgehead atoms.